The van der Waals surface area contributed by atoms with Gasteiger partial charge in [0.1, 0.15) is 0 Å². The number of esters is 1. The highest BCUT2D eigenvalue weighted by atomic mass is 35.5. The summed E-state index contributed by atoms with van der Waals surface area (Å²) >= 11 is 6.05. The van der Waals surface area contributed by atoms with Crippen LogP contribution < -0.4 is 10.2 Å². The predicted octanol–water partition coefficient (Wildman–Crippen LogP) is 1.53. The molecule has 1 unspecified atom stereocenters. The topological polar surface area (TPSA) is 54.5 Å². The Labute approximate surface area is 104 Å². The molecule has 0 aliphatic carbocycles. The summed E-state index contributed by atoms with van der Waals surface area (Å²) in [5.74, 6) is 0.219. The minimum atomic E-state index is -0.507. The van der Waals surface area contributed by atoms with E-state index in [1.54, 1.807) is 6.07 Å². The van der Waals surface area contributed by atoms with Crippen molar-refractivity contribution in [1.82, 2.24) is 4.98 Å². The van der Waals surface area contributed by atoms with Crippen LogP contribution in [0.15, 0.2) is 6.07 Å². The molecule has 1 N–H and O–H groups in total. The van der Waals surface area contributed by atoms with Gasteiger partial charge in [0.25, 0.3) is 0 Å². The van der Waals surface area contributed by atoms with Gasteiger partial charge in [0.05, 0.1) is 17.8 Å². The number of rotatable bonds is 1. The third-order valence-electron chi connectivity index (χ3n) is 3.20. The lowest BCUT2D eigenvalue weighted by molar-refractivity contribution is 0.0594. The Morgan fingerprint density at radius 1 is 1.71 bits per heavy atom. The van der Waals surface area contributed by atoms with Crippen molar-refractivity contribution in [2.75, 3.05) is 30.4 Å². The number of hydrogen-bond donors (Lipinski definition) is 1. The molecular weight excluding hydrogens is 242 g/mol. The Bertz CT molecular complexity index is 492. The third kappa shape index (κ3) is 1.61. The fraction of sp³-hybridized carbons (Fsp3) is 0.455. The van der Waals surface area contributed by atoms with Crippen molar-refractivity contribution in [3.63, 3.8) is 0 Å². The number of nitrogens with one attached hydrogen (secondary N) is 1. The van der Waals surface area contributed by atoms with Crippen LogP contribution in [0.2, 0.25) is 5.02 Å². The molecule has 1 saturated heterocycles. The fourth-order valence-electron chi connectivity index (χ4n) is 2.36. The summed E-state index contributed by atoms with van der Waals surface area (Å²) in [6, 6.07) is 2.20. The highest BCUT2D eigenvalue weighted by Crippen LogP contribution is 2.36. The first kappa shape index (κ1) is 10.7. The largest absolute Gasteiger partial charge is 0.464 e. The molecule has 1 aromatic rings. The van der Waals surface area contributed by atoms with E-state index in [4.69, 9.17) is 11.6 Å². The highest BCUT2D eigenvalue weighted by Gasteiger charge is 2.32. The van der Waals surface area contributed by atoms with Gasteiger partial charge in [-0.15, -0.1) is 0 Å². The van der Waals surface area contributed by atoms with Gasteiger partial charge >= 0.3 is 5.97 Å². The molecule has 1 fully saturated rings. The van der Waals surface area contributed by atoms with Gasteiger partial charge in [-0.2, -0.15) is 0 Å². The van der Waals surface area contributed by atoms with E-state index in [9.17, 15) is 4.79 Å². The second-order valence-corrected chi connectivity index (χ2v) is 4.66. The number of halogens is 1. The number of nitrogens with zero attached hydrogens (tertiary/aromatic N) is 2. The molecule has 2 aliphatic rings. The molecule has 0 radical (unpaired) electrons. The fourth-order valence-corrected chi connectivity index (χ4v) is 2.58. The smallest absolute Gasteiger partial charge is 0.358 e. The van der Waals surface area contributed by atoms with Gasteiger partial charge in [-0.3, -0.25) is 0 Å². The third-order valence-corrected chi connectivity index (χ3v) is 3.49. The Kier molecular flexibility index (Phi) is 2.36. The number of fused-ring (bicyclic) bond motifs is 4. The summed E-state index contributed by atoms with van der Waals surface area (Å²) in [7, 11) is 1.32. The summed E-state index contributed by atoms with van der Waals surface area (Å²) in [6.45, 7) is 1.98. The maximum absolute atomic E-state index is 11.5. The van der Waals surface area contributed by atoms with Gasteiger partial charge in [-0.1, -0.05) is 11.6 Å². The second-order valence-electron chi connectivity index (χ2n) is 4.25. The van der Waals surface area contributed by atoms with Crippen LogP contribution in [0.5, 0.6) is 0 Å². The molecule has 0 spiro atoms. The van der Waals surface area contributed by atoms with Crippen molar-refractivity contribution < 1.29 is 9.53 Å². The van der Waals surface area contributed by atoms with Gasteiger partial charge < -0.3 is 15.0 Å². The molecule has 0 aromatic carbocycles. The average Bonchev–Trinajstić information content (AvgIpc) is 2.72. The van der Waals surface area contributed by atoms with Crippen LogP contribution in [-0.4, -0.2) is 37.2 Å². The van der Waals surface area contributed by atoms with Crippen LogP contribution in [0.4, 0.5) is 11.5 Å². The Balaban J connectivity index is 2.07. The average molecular weight is 254 g/mol. The molecule has 3 heterocycles. The van der Waals surface area contributed by atoms with Crippen molar-refractivity contribution in [2.45, 2.75) is 12.5 Å². The van der Waals surface area contributed by atoms with Crippen molar-refractivity contribution in [3.05, 3.63) is 16.8 Å². The molecule has 90 valence electrons. The monoisotopic (exact) mass is 253 g/mol. The van der Waals surface area contributed by atoms with E-state index in [0.29, 0.717) is 11.1 Å². The van der Waals surface area contributed by atoms with E-state index in [-0.39, 0.29) is 5.69 Å². The lowest BCUT2D eigenvalue weighted by atomic mass is 10.2. The maximum Gasteiger partial charge on any atom is 0.358 e. The molecule has 2 aliphatic heterocycles. The number of anilines is 2. The standard InChI is InChI=1S/C11H12ClN3O2/c1-17-11(16)9-7(12)4-8-10(14-9)13-6-2-3-15(8)5-6/h4,6H,2-3,5H2,1H3,(H,13,14). The molecule has 1 atom stereocenters. The molecule has 5 nitrogen and oxygen atoms in total. The van der Waals surface area contributed by atoms with Crippen molar-refractivity contribution >= 4 is 29.1 Å². The first-order valence-corrected chi connectivity index (χ1v) is 5.87. The predicted molar refractivity (Wildman–Crippen MR) is 64.8 cm³/mol. The first-order chi connectivity index (χ1) is 8.19. The van der Waals surface area contributed by atoms with Crippen molar-refractivity contribution in [2.24, 2.45) is 0 Å². The highest BCUT2D eigenvalue weighted by molar-refractivity contribution is 6.33. The van der Waals surface area contributed by atoms with Crippen LogP contribution >= 0.6 is 11.6 Å². The molecule has 17 heavy (non-hydrogen) atoms. The number of aromatic nitrogens is 1. The second kappa shape index (κ2) is 3.77. The van der Waals surface area contributed by atoms with E-state index in [0.717, 1.165) is 31.0 Å². The van der Waals surface area contributed by atoms with E-state index < -0.39 is 5.97 Å². The maximum atomic E-state index is 11.5. The van der Waals surface area contributed by atoms with E-state index in [1.807, 2.05) is 0 Å². The number of methoxy groups -OCH3 is 1. The molecular formula is C11H12ClN3O2. The van der Waals surface area contributed by atoms with E-state index in [1.165, 1.54) is 7.11 Å². The van der Waals surface area contributed by atoms with Gasteiger partial charge in [0.15, 0.2) is 11.5 Å². The van der Waals surface area contributed by atoms with Crippen molar-refractivity contribution in [3.8, 4) is 0 Å². The zero-order chi connectivity index (χ0) is 12.0. The summed E-state index contributed by atoms with van der Waals surface area (Å²) in [5, 5.41) is 3.65. The summed E-state index contributed by atoms with van der Waals surface area (Å²) in [6.07, 6.45) is 1.08. The number of ether oxygens (including phenoxy) is 1. The number of pyridine rings is 1. The number of carbonyl (C=O) groups is 1. The molecule has 2 bridgehead atoms. The first-order valence-electron chi connectivity index (χ1n) is 5.49. The Morgan fingerprint density at radius 3 is 3.29 bits per heavy atom. The van der Waals surface area contributed by atoms with E-state index >= 15 is 0 Å². The van der Waals surface area contributed by atoms with Crippen LogP contribution in [0, 0.1) is 0 Å². The zero-order valence-electron chi connectivity index (χ0n) is 9.36. The summed E-state index contributed by atoms with van der Waals surface area (Å²) < 4.78 is 4.65. The van der Waals surface area contributed by atoms with Gasteiger partial charge in [0, 0.05) is 19.1 Å². The Morgan fingerprint density at radius 2 is 2.53 bits per heavy atom. The Hall–Kier alpha value is -1.49. The molecule has 1 aromatic heterocycles. The molecule has 3 rings (SSSR count). The van der Waals surface area contributed by atoms with Crippen molar-refractivity contribution in [1.29, 1.82) is 0 Å². The lowest BCUT2D eigenvalue weighted by Crippen LogP contribution is -2.32. The number of hydrogen-bond acceptors (Lipinski definition) is 5. The van der Waals surface area contributed by atoms with Crippen LogP contribution in [0.3, 0.4) is 0 Å². The number of carbonyl (C=O) groups excluding carboxylic acids is 1. The van der Waals surface area contributed by atoms with Gasteiger partial charge in [-0.25, -0.2) is 9.78 Å². The summed E-state index contributed by atoms with van der Waals surface area (Å²) in [4.78, 5) is 18.0. The molecule has 6 heteroatoms. The minimum Gasteiger partial charge on any atom is -0.464 e. The van der Waals surface area contributed by atoms with Gasteiger partial charge in [0.2, 0.25) is 0 Å². The lowest BCUT2D eigenvalue weighted by Gasteiger charge is -2.28. The molecule has 0 amide bonds. The van der Waals surface area contributed by atoms with Crippen LogP contribution in [0.25, 0.3) is 0 Å². The normalized spacial score (nSPS) is 20.8. The summed E-state index contributed by atoms with van der Waals surface area (Å²) in [5.41, 5.74) is 1.14. The minimum absolute atomic E-state index is 0.169. The van der Waals surface area contributed by atoms with Crippen LogP contribution in [0.1, 0.15) is 16.9 Å². The SMILES string of the molecule is COC(=O)c1nc2c(cc1Cl)N1CCC(C1)N2. The van der Waals surface area contributed by atoms with Crippen LogP contribution in [-0.2, 0) is 4.74 Å². The quantitative estimate of drug-likeness (QED) is 0.770. The zero-order valence-corrected chi connectivity index (χ0v) is 10.1. The van der Waals surface area contributed by atoms with Gasteiger partial charge in [-0.05, 0) is 12.5 Å². The molecule has 0 saturated carbocycles. The van der Waals surface area contributed by atoms with E-state index in [2.05, 4.69) is 19.9 Å².